The lowest BCUT2D eigenvalue weighted by Crippen LogP contribution is -2.36. The van der Waals surface area contributed by atoms with Crippen molar-refractivity contribution < 1.29 is 4.79 Å². The summed E-state index contributed by atoms with van der Waals surface area (Å²) in [7, 11) is 2.12. The highest BCUT2D eigenvalue weighted by Crippen LogP contribution is 2.32. The molecule has 2 aromatic heterocycles. The molecule has 2 aliphatic rings. The summed E-state index contributed by atoms with van der Waals surface area (Å²) >= 11 is 0. The van der Waals surface area contributed by atoms with E-state index in [1.165, 1.54) is 32.1 Å². The van der Waals surface area contributed by atoms with Gasteiger partial charge in [-0.15, -0.1) is 0 Å². The van der Waals surface area contributed by atoms with Crippen LogP contribution < -0.4 is 5.32 Å². The van der Waals surface area contributed by atoms with E-state index in [9.17, 15) is 4.79 Å². The second kappa shape index (κ2) is 9.33. The van der Waals surface area contributed by atoms with Crippen LogP contribution in [0, 0.1) is 5.92 Å². The van der Waals surface area contributed by atoms with Crippen LogP contribution in [0.2, 0.25) is 0 Å². The van der Waals surface area contributed by atoms with E-state index in [0.717, 1.165) is 55.9 Å². The number of hydrogen-bond acceptors (Lipinski definition) is 5. The zero-order valence-corrected chi connectivity index (χ0v) is 18.7. The second-order valence-corrected chi connectivity index (χ2v) is 9.02. The maximum Gasteiger partial charge on any atom is 0.257 e. The fourth-order valence-electron chi connectivity index (χ4n) is 4.98. The Labute approximate surface area is 179 Å². The van der Waals surface area contributed by atoms with Crippen molar-refractivity contribution in [1.82, 2.24) is 24.6 Å². The van der Waals surface area contributed by atoms with Crippen LogP contribution in [-0.2, 0) is 6.54 Å². The van der Waals surface area contributed by atoms with Gasteiger partial charge in [0.2, 0.25) is 0 Å². The number of rotatable bonds is 5. The van der Waals surface area contributed by atoms with Gasteiger partial charge in [0.05, 0.1) is 22.8 Å². The van der Waals surface area contributed by atoms with E-state index >= 15 is 0 Å². The molecule has 0 aromatic carbocycles. The van der Waals surface area contributed by atoms with Crippen LogP contribution in [0.4, 0.5) is 5.69 Å². The summed E-state index contributed by atoms with van der Waals surface area (Å²) in [4.78, 5) is 22.5. The summed E-state index contributed by atoms with van der Waals surface area (Å²) < 4.78 is 1.90. The monoisotopic (exact) mass is 412 g/mol. The average molecular weight is 413 g/mol. The first kappa shape index (κ1) is 21.1. The smallest absolute Gasteiger partial charge is 0.257 e. The molecule has 1 aliphatic heterocycles. The fraction of sp³-hybridized carbons (Fsp3) is 0.696. The minimum atomic E-state index is 0.0855. The lowest BCUT2D eigenvalue weighted by atomic mass is 9.84. The zero-order chi connectivity index (χ0) is 21.1. The van der Waals surface area contributed by atoms with Gasteiger partial charge < -0.3 is 15.1 Å². The molecule has 7 heteroatoms. The predicted molar refractivity (Wildman–Crippen MR) is 121 cm³/mol. The molecule has 164 valence electrons. The van der Waals surface area contributed by atoms with Crippen LogP contribution >= 0.6 is 0 Å². The molecule has 3 heterocycles. The standard InChI is InChI=1S/C23H36N6O/c1-4-29-22-19(16-25-29)21(26-17(2)18-9-6-5-7-10-18)20(15-24-22)23(30)28-12-8-11-27(3)13-14-28/h15-18H,4-14H2,1-3H3,(H,24,26)/t17-/m1/s1. The van der Waals surface area contributed by atoms with E-state index in [1.807, 2.05) is 15.8 Å². The Balaban J connectivity index is 1.67. The largest absolute Gasteiger partial charge is 0.381 e. The van der Waals surface area contributed by atoms with Crippen LogP contribution in [0.5, 0.6) is 0 Å². The molecule has 2 fully saturated rings. The highest BCUT2D eigenvalue weighted by atomic mass is 16.2. The average Bonchev–Trinajstić information content (AvgIpc) is 3.07. The lowest BCUT2D eigenvalue weighted by molar-refractivity contribution is 0.0763. The van der Waals surface area contributed by atoms with Crippen LogP contribution in [0.25, 0.3) is 11.0 Å². The maximum atomic E-state index is 13.6. The highest BCUT2D eigenvalue weighted by Gasteiger charge is 2.27. The molecule has 2 aromatic rings. The van der Waals surface area contributed by atoms with Crippen molar-refractivity contribution in [3.8, 4) is 0 Å². The molecule has 1 saturated carbocycles. The molecule has 0 bridgehead atoms. The molecule has 1 atom stereocenters. The summed E-state index contributed by atoms with van der Waals surface area (Å²) in [6, 6.07) is 0.322. The second-order valence-electron chi connectivity index (χ2n) is 9.02. The number of anilines is 1. The number of carbonyl (C=O) groups is 1. The van der Waals surface area contributed by atoms with Gasteiger partial charge >= 0.3 is 0 Å². The Morgan fingerprint density at radius 3 is 2.70 bits per heavy atom. The number of likely N-dealkylation sites (N-methyl/N-ethyl adjacent to an activating group) is 1. The Hall–Kier alpha value is -2.15. The molecule has 0 unspecified atom stereocenters. The third-order valence-electron chi connectivity index (χ3n) is 6.93. The van der Waals surface area contributed by atoms with Crippen LogP contribution in [-0.4, -0.2) is 69.7 Å². The molecule has 1 aliphatic carbocycles. The summed E-state index contributed by atoms with van der Waals surface area (Å²) in [5.41, 5.74) is 2.45. The van der Waals surface area contributed by atoms with Gasteiger partial charge in [0.15, 0.2) is 5.65 Å². The Kier molecular flexibility index (Phi) is 6.56. The van der Waals surface area contributed by atoms with E-state index in [-0.39, 0.29) is 5.91 Å². The summed E-state index contributed by atoms with van der Waals surface area (Å²) in [5, 5.41) is 9.22. The molecule has 7 nitrogen and oxygen atoms in total. The van der Waals surface area contributed by atoms with Crippen LogP contribution in [0.1, 0.15) is 62.7 Å². The van der Waals surface area contributed by atoms with E-state index in [1.54, 1.807) is 6.20 Å². The number of fused-ring (bicyclic) bond motifs is 1. The Bertz CT molecular complexity index is 872. The SMILES string of the molecule is CCn1ncc2c(N[C@H](C)C3CCCCC3)c(C(=O)N3CCCN(C)CC3)cnc21. The molecule has 4 rings (SSSR count). The minimum absolute atomic E-state index is 0.0855. The number of amides is 1. The minimum Gasteiger partial charge on any atom is -0.381 e. The number of aromatic nitrogens is 3. The lowest BCUT2D eigenvalue weighted by Gasteiger charge is -2.30. The van der Waals surface area contributed by atoms with Gasteiger partial charge in [0, 0.05) is 38.4 Å². The highest BCUT2D eigenvalue weighted by molar-refractivity contribution is 6.06. The van der Waals surface area contributed by atoms with Crippen molar-refractivity contribution in [2.45, 2.75) is 65.0 Å². The van der Waals surface area contributed by atoms with Crippen molar-refractivity contribution in [3.05, 3.63) is 18.0 Å². The Morgan fingerprint density at radius 2 is 1.93 bits per heavy atom. The molecule has 30 heavy (non-hydrogen) atoms. The number of nitrogens with zero attached hydrogens (tertiary/aromatic N) is 5. The first-order chi connectivity index (χ1) is 14.6. The van der Waals surface area contributed by atoms with Crippen molar-refractivity contribution >= 4 is 22.6 Å². The molecule has 1 saturated heterocycles. The number of aryl methyl sites for hydroxylation is 1. The van der Waals surface area contributed by atoms with E-state index in [0.29, 0.717) is 17.5 Å². The van der Waals surface area contributed by atoms with Gasteiger partial charge in [-0.1, -0.05) is 19.3 Å². The van der Waals surface area contributed by atoms with E-state index < -0.39 is 0 Å². The summed E-state index contributed by atoms with van der Waals surface area (Å²) in [6.07, 6.45) is 11.1. The fourth-order valence-corrected chi connectivity index (χ4v) is 4.98. The van der Waals surface area contributed by atoms with Gasteiger partial charge in [0.25, 0.3) is 5.91 Å². The first-order valence-corrected chi connectivity index (χ1v) is 11.7. The topological polar surface area (TPSA) is 66.3 Å². The van der Waals surface area contributed by atoms with Crippen molar-refractivity contribution in [3.63, 3.8) is 0 Å². The van der Waals surface area contributed by atoms with E-state index in [4.69, 9.17) is 0 Å². The van der Waals surface area contributed by atoms with Gasteiger partial charge in [0.1, 0.15) is 0 Å². The summed E-state index contributed by atoms with van der Waals surface area (Å²) in [6.45, 7) is 8.61. The quantitative estimate of drug-likeness (QED) is 0.813. The van der Waals surface area contributed by atoms with Gasteiger partial charge in [-0.25, -0.2) is 9.67 Å². The number of carbonyl (C=O) groups excluding carboxylic acids is 1. The van der Waals surface area contributed by atoms with Gasteiger partial charge in [-0.2, -0.15) is 5.10 Å². The van der Waals surface area contributed by atoms with Crippen molar-refractivity contribution in [2.24, 2.45) is 5.92 Å². The normalized spacial score (nSPS) is 20.3. The molecular weight excluding hydrogens is 376 g/mol. The predicted octanol–water partition coefficient (Wildman–Crippen LogP) is 3.61. The first-order valence-electron chi connectivity index (χ1n) is 11.7. The molecule has 0 radical (unpaired) electrons. The van der Waals surface area contributed by atoms with Crippen LogP contribution in [0.15, 0.2) is 12.4 Å². The van der Waals surface area contributed by atoms with Gasteiger partial charge in [-0.3, -0.25) is 4.79 Å². The number of hydrogen-bond donors (Lipinski definition) is 1. The van der Waals surface area contributed by atoms with Crippen molar-refractivity contribution in [2.75, 3.05) is 38.5 Å². The third kappa shape index (κ3) is 4.31. The third-order valence-corrected chi connectivity index (χ3v) is 6.93. The molecule has 1 N–H and O–H groups in total. The molecule has 0 spiro atoms. The maximum absolute atomic E-state index is 13.6. The van der Waals surface area contributed by atoms with Crippen molar-refractivity contribution in [1.29, 1.82) is 0 Å². The Morgan fingerprint density at radius 1 is 1.13 bits per heavy atom. The molecule has 1 amide bonds. The summed E-state index contributed by atoms with van der Waals surface area (Å²) in [5.74, 6) is 0.736. The zero-order valence-electron chi connectivity index (χ0n) is 18.7. The van der Waals surface area contributed by atoms with Crippen LogP contribution in [0.3, 0.4) is 0 Å². The van der Waals surface area contributed by atoms with Gasteiger partial charge in [-0.05, 0) is 52.6 Å². The number of pyridine rings is 1. The molecular formula is C23H36N6O. The van der Waals surface area contributed by atoms with E-state index in [2.05, 4.69) is 41.2 Å². The number of nitrogens with one attached hydrogen (secondary N) is 1.